The van der Waals surface area contributed by atoms with Crippen LogP contribution in [0.15, 0.2) is 76.1 Å². The Kier molecular flexibility index (Phi) is 6.21. The first-order valence-corrected chi connectivity index (χ1v) is 10.9. The monoisotopic (exact) mass is 429 g/mol. The summed E-state index contributed by atoms with van der Waals surface area (Å²) in [6, 6.07) is 18.0. The maximum Gasteiger partial charge on any atom is 0.290 e. The largest absolute Gasteiger partial charge is 0.459 e. The van der Waals surface area contributed by atoms with Crippen molar-refractivity contribution >= 4 is 16.8 Å². The summed E-state index contributed by atoms with van der Waals surface area (Å²) in [5, 5.41) is 0.543. The van der Waals surface area contributed by atoms with Gasteiger partial charge in [0.15, 0.2) is 5.76 Å². The number of carbonyl (C=O) groups excluding carboxylic acids is 1. The first kappa shape index (κ1) is 21.6. The average Bonchev–Trinajstić information content (AvgIpc) is 3.35. The van der Waals surface area contributed by atoms with E-state index in [1.165, 1.54) is 6.26 Å². The highest BCUT2D eigenvalue weighted by Gasteiger charge is 2.28. The van der Waals surface area contributed by atoms with Gasteiger partial charge in [0.2, 0.25) is 0 Å². The number of carbonyl (C=O) groups is 1. The minimum absolute atomic E-state index is 0.151. The van der Waals surface area contributed by atoms with Crippen molar-refractivity contribution in [2.75, 3.05) is 6.54 Å². The van der Waals surface area contributed by atoms with E-state index >= 15 is 0 Å². The number of aromatic nitrogens is 2. The number of amides is 1. The fraction of sp³-hybridized carbons (Fsp3) is 0.269. The fourth-order valence-corrected chi connectivity index (χ4v) is 3.85. The summed E-state index contributed by atoms with van der Waals surface area (Å²) in [4.78, 5) is 33.5. The molecule has 2 heterocycles. The Bertz CT molecular complexity index is 1270. The molecule has 0 bridgehead atoms. The van der Waals surface area contributed by atoms with E-state index in [0.717, 1.165) is 24.1 Å². The van der Waals surface area contributed by atoms with Gasteiger partial charge in [0, 0.05) is 6.54 Å². The Morgan fingerprint density at radius 1 is 1.09 bits per heavy atom. The molecule has 4 rings (SSSR count). The van der Waals surface area contributed by atoms with Crippen molar-refractivity contribution in [1.82, 2.24) is 14.5 Å². The summed E-state index contributed by atoms with van der Waals surface area (Å²) in [5.74, 6) is 0.584. The van der Waals surface area contributed by atoms with Gasteiger partial charge in [-0.2, -0.15) is 0 Å². The van der Waals surface area contributed by atoms with Gasteiger partial charge >= 0.3 is 0 Å². The molecule has 0 saturated heterocycles. The number of rotatable bonds is 7. The Morgan fingerprint density at radius 2 is 1.84 bits per heavy atom. The highest BCUT2D eigenvalue weighted by Crippen LogP contribution is 2.25. The van der Waals surface area contributed by atoms with Crippen LogP contribution < -0.4 is 5.56 Å². The number of para-hydroxylation sites is 1. The predicted octanol–water partition coefficient (Wildman–Crippen LogP) is 5.29. The number of furan rings is 1. The molecule has 32 heavy (non-hydrogen) atoms. The van der Waals surface area contributed by atoms with E-state index in [9.17, 15) is 9.59 Å². The summed E-state index contributed by atoms with van der Waals surface area (Å²) < 4.78 is 7.01. The number of unbranched alkanes of at least 4 members (excludes halogenated alkanes) is 1. The van der Waals surface area contributed by atoms with Crippen LogP contribution in [0.2, 0.25) is 0 Å². The third-order valence-corrected chi connectivity index (χ3v) is 5.68. The lowest BCUT2D eigenvalue weighted by Gasteiger charge is -2.30. The van der Waals surface area contributed by atoms with Crippen molar-refractivity contribution in [3.05, 3.63) is 94.4 Å². The third-order valence-electron chi connectivity index (χ3n) is 5.68. The molecule has 0 aliphatic heterocycles. The van der Waals surface area contributed by atoms with Crippen LogP contribution in [0.5, 0.6) is 0 Å². The standard InChI is InChI=1S/C26H27N3O3/c1-4-5-16-28(26(31)23-11-8-17-32-23)19(3)24-27-22-10-7-6-9-21(22)25(30)29(24)20-14-12-18(2)13-15-20/h6-15,17,19H,4-5,16H2,1-3H3. The number of hydrogen-bond acceptors (Lipinski definition) is 4. The second-order valence-corrected chi connectivity index (χ2v) is 7.97. The maximum atomic E-state index is 13.6. The van der Waals surface area contributed by atoms with Crippen LogP contribution >= 0.6 is 0 Å². The van der Waals surface area contributed by atoms with Crippen molar-refractivity contribution in [3.63, 3.8) is 0 Å². The van der Waals surface area contributed by atoms with Gasteiger partial charge in [0.25, 0.3) is 11.5 Å². The number of hydrogen-bond donors (Lipinski definition) is 0. The molecular formula is C26H27N3O3. The van der Waals surface area contributed by atoms with Gasteiger partial charge in [0.1, 0.15) is 5.82 Å². The molecule has 0 radical (unpaired) electrons. The van der Waals surface area contributed by atoms with E-state index in [1.54, 1.807) is 27.7 Å². The number of fused-ring (bicyclic) bond motifs is 1. The van der Waals surface area contributed by atoms with Gasteiger partial charge in [-0.1, -0.05) is 43.2 Å². The van der Waals surface area contributed by atoms with E-state index in [2.05, 4.69) is 6.92 Å². The molecule has 6 nitrogen and oxygen atoms in total. The number of nitrogens with zero attached hydrogens (tertiary/aromatic N) is 3. The Morgan fingerprint density at radius 3 is 2.53 bits per heavy atom. The zero-order chi connectivity index (χ0) is 22.7. The van der Waals surface area contributed by atoms with E-state index in [4.69, 9.17) is 9.40 Å². The van der Waals surface area contributed by atoms with Crippen molar-refractivity contribution in [2.24, 2.45) is 0 Å². The topological polar surface area (TPSA) is 68.3 Å². The highest BCUT2D eigenvalue weighted by atomic mass is 16.3. The van der Waals surface area contributed by atoms with Gasteiger partial charge in [-0.3, -0.25) is 14.2 Å². The van der Waals surface area contributed by atoms with Crippen molar-refractivity contribution < 1.29 is 9.21 Å². The second-order valence-electron chi connectivity index (χ2n) is 7.97. The first-order chi connectivity index (χ1) is 15.5. The van der Waals surface area contributed by atoms with E-state index in [-0.39, 0.29) is 17.2 Å². The zero-order valence-electron chi connectivity index (χ0n) is 18.6. The molecule has 2 aromatic carbocycles. The van der Waals surface area contributed by atoms with Crippen molar-refractivity contribution in [2.45, 2.75) is 39.7 Å². The van der Waals surface area contributed by atoms with Crippen LogP contribution in [-0.2, 0) is 0 Å². The average molecular weight is 430 g/mol. The fourth-order valence-electron chi connectivity index (χ4n) is 3.85. The first-order valence-electron chi connectivity index (χ1n) is 10.9. The molecule has 1 amide bonds. The van der Waals surface area contributed by atoms with Gasteiger partial charge in [-0.25, -0.2) is 4.98 Å². The molecule has 0 saturated carbocycles. The van der Waals surface area contributed by atoms with E-state index < -0.39 is 6.04 Å². The Hall–Kier alpha value is -3.67. The molecule has 164 valence electrons. The lowest BCUT2D eigenvalue weighted by atomic mass is 10.1. The van der Waals surface area contributed by atoms with Gasteiger partial charge in [0.05, 0.1) is 28.9 Å². The predicted molar refractivity (Wildman–Crippen MR) is 125 cm³/mol. The number of aryl methyl sites for hydroxylation is 1. The molecule has 0 aliphatic carbocycles. The van der Waals surface area contributed by atoms with Crippen LogP contribution in [-0.4, -0.2) is 26.9 Å². The minimum atomic E-state index is -0.447. The van der Waals surface area contributed by atoms with Crippen LogP contribution in [0.3, 0.4) is 0 Å². The van der Waals surface area contributed by atoms with Crippen molar-refractivity contribution in [3.8, 4) is 5.69 Å². The van der Waals surface area contributed by atoms with Crippen LogP contribution in [0, 0.1) is 6.92 Å². The molecular weight excluding hydrogens is 402 g/mol. The summed E-state index contributed by atoms with van der Waals surface area (Å²) in [6.45, 7) is 6.53. The zero-order valence-corrected chi connectivity index (χ0v) is 18.6. The van der Waals surface area contributed by atoms with Gasteiger partial charge in [-0.15, -0.1) is 0 Å². The van der Waals surface area contributed by atoms with E-state index in [0.29, 0.717) is 23.3 Å². The molecule has 2 aromatic heterocycles. The summed E-state index contributed by atoms with van der Waals surface area (Å²) in [5.41, 5.74) is 2.29. The molecule has 0 aliphatic rings. The Labute approximate surface area is 187 Å². The minimum Gasteiger partial charge on any atom is -0.459 e. The molecule has 0 spiro atoms. The normalized spacial score (nSPS) is 12.1. The smallest absolute Gasteiger partial charge is 0.290 e. The van der Waals surface area contributed by atoms with E-state index in [1.807, 2.05) is 56.3 Å². The summed E-state index contributed by atoms with van der Waals surface area (Å²) >= 11 is 0. The molecule has 4 aromatic rings. The quantitative estimate of drug-likeness (QED) is 0.400. The SMILES string of the molecule is CCCCN(C(=O)c1ccco1)C(C)c1nc2ccccc2c(=O)n1-c1ccc(C)cc1. The third kappa shape index (κ3) is 4.08. The molecule has 1 atom stereocenters. The molecule has 6 heteroatoms. The molecule has 0 fully saturated rings. The number of benzene rings is 2. The summed E-state index contributed by atoms with van der Waals surface area (Å²) in [6.07, 6.45) is 3.26. The van der Waals surface area contributed by atoms with Crippen LogP contribution in [0.4, 0.5) is 0 Å². The lowest BCUT2D eigenvalue weighted by molar-refractivity contribution is 0.0645. The van der Waals surface area contributed by atoms with Gasteiger partial charge in [-0.05, 0) is 56.7 Å². The van der Waals surface area contributed by atoms with Crippen LogP contribution in [0.25, 0.3) is 16.6 Å². The lowest BCUT2D eigenvalue weighted by Crippen LogP contribution is -2.38. The summed E-state index contributed by atoms with van der Waals surface area (Å²) in [7, 11) is 0. The van der Waals surface area contributed by atoms with Gasteiger partial charge < -0.3 is 9.32 Å². The molecule has 1 unspecified atom stereocenters. The highest BCUT2D eigenvalue weighted by molar-refractivity contribution is 5.91. The second kappa shape index (κ2) is 9.22. The Balaban J connectivity index is 1.90. The molecule has 0 N–H and O–H groups in total. The van der Waals surface area contributed by atoms with Crippen molar-refractivity contribution in [1.29, 1.82) is 0 Å². The van der Waals surface area contributed by atoms with Crippen LogP contribution in [0.1, 0.15) is 54.7 Å². The maximum absolute atomic E-state index is 13.6.